The number of hydrogen-bond donors (Lipinski definition) is 2. The number of rotatable bonds is 3. The van der Waals surface area contributed by atoms with Crippen molar-refractivity contribution in [2.75, 3.05) is 13.1 Å². The molecule has 3 rings (SSSR count). The van der Waals surface area contributed by atoms with E-state index in [1.807, 2.05) is 30.5 Å². The van der Waals surface area contributed by atoms with Crippen molar-refractivity contribution in [3.05, 3.63) is 41.0 Å². The highest BCUT2D eigenvalue weighted by molar-refractivity contribution is 6.30. The number of benzene rings is 1. The molecule has 0 bridgehead atoms. The van der Waals surface area contributed by atoms with Crippen molar-refractivity contribution in [2.24, 2.45) is 11.7 Å². The van der Waals surface area contributed by atoms with Gasteiger partial charge in [-0.2, -0.15) is 5.10 Å². The fraction of sp³-hybridized carbons (Fsp3) is 0.400. The maximum atomic E-state index is 6.08. The van der Waals surface area contributed by atoms with E-state index in [-0.39, 0.29) is 18.4 Å². The number of aromatic amines is 1. The van der Waals surface area contributed by atoms with Gasteiger partial charge in [0, 0.05) is 36.3 Å². The van der Waals surface area contributed by atoms with Gasteiger partial charge in [0.2, 0.25) is 0 Å². The molecule has 0 spiro atoms. The lowest BCUT2D eigenvalue weighted by molar-refractivity contribution is 0.319. The predicted octanol–water partition coefficient (Wildman–Crippen LogP) is 2.93. The molecule has 0 amide bonds. The first kappa shape index (κ1) is 16.3. The summed E-state index contributed by atoms with van der Waals surface area (Å²) in [6, 6.07) is 8.10. The Morgan fingerprint density at radius 3 is 2.67 bits per heavy atom. The molecule has 1 saturated heterocycles. The van der Waals surface area contributed by atoms with E-state index in [4.69, 9.17) is 17.3 Å². The van der Waals surface area contributed by atoms with Crippen LogP contribution in [0.2, 0.25) is 5.02 Å². The first-order chi connectivity index (χ1) is 9.63. The molecule has 6 heteroatoms. The average molecular weight is 327 g/mol. The topological polar surface area (TPSA) is 57.9 Å². The molecule has 0 aliphatic carbocycles. The minimum atomic E-state index is 0. The van der Waals surface area contributed by atoms with Crippen LogP contribution < -0.4 is 5.73 Å². The summed E-state index contributed by atoms with van der Waals surface area (Å²) < 4.78 is 0. The van der Waals surface area contributed by atoms with E-state index in [9.17, 15) is 0 Å². The molecule has 0 saturated carbocycles. The molecular formula is C15H20Cl2N4. The van der Waals surface area contributed by atoms with Crippen LogP contribution in [-0.2, 0) is 6.54 Å². The van der Waals surface area contributed by atoms with Gasteiger partial charge in [0.1, 0.15) is 0 Å². The van der Waals surface area contributed by atoms with Gasteiger partial charge in [0.05, 0.1) is 11.9 Å². The molecule has 2 heterocycles. The lowest BCUT2D eigenvalue weighted by atomic mass is 10.1. The van der Waals surface area contributed by atoms with Gasteiger partial charge in [-0.15, -0.1) is 12.4 Å². The number of halogens is 2. The summed E-state index contributed by atoms with van der Waals surface area (Å²) in [4.78, 5) is 2.39. The zero-order valence-electron chi connectivity index (χ0n) is 11.9. The summed E-state index contributed by atoms with van der Waals surface area (Å²) in [6.45, 7) is 5.09. The van der Waals surface area contributed by atoms with E-state index in [1.165, 1.54) is 5.56 Å². The highest BCUT2D eigenvalue weighted by Crippen LogP contribution is 2.25. The molecule has 1 aliphatic heterocycles. The molecule has 3 N–H and O–H groups in total. The van der Waals surface area contributed by atoms with Crippen molar-refractivity contribution in [3.8, 4) is 11.3 Å². The quantitative estimate of drug-likeness (QED) is 0.911. The molecule has 114 valence electrons. The van der Waals surface area contributed by atoms with Crippen LogP contribution in [0.15, 0.2) is 30.5 Å². The van der Waals surface area contributed by atoms with Gasteiger partial charge in [0.15, 0.2) is 0 Å². The Hall–Kier alpha value is -1.07. The van der Waals surface area contributed by atoms with Crippen molar-refractivity contribution in [2.45, 2.75) is 19.5 Å². The molecule has 1 fully saturated rings. The van der Waals surface area contributed by atoms with Crippen LogP contribution in [0.1, 0.15) is 12.5 Å². The minimum Gasteiger partial charge on any atom is -0.326 e. The fourth-order valence-electron chi connectivity index (χ4n) is 2.76. The Labute approximate surface area is 136 Å². The van der Waals surface area contributed by atoms with Crippen LogP contribution in [-0.4, -0.2) is 34.2 Å². The van der Waals surface area contributed by atoms with Gasteiger partial charge >= 0.3 is 0 Å². The summed E-state index contributed by atoms with van der Waals surface area (Å²) >= 11 is 5.93. The van der Waals surface area contributed by atoms with Crippen LogP contribution in [0.5, 0.6) is 0 Å². The minimum absolute atomic E-state index is 0. The second-order valence-electron chi connectivity index (χ2n) is 5.61. The predicted molar refractivity (Wildman–Crippen MR) is 88.7 cm³/mol. The number of hydrogen-bond acceptors (Lipinski definition) is 3. The summed E-state index contributed by atoms with van der Waals surface area (Å²) in [5, 5.41) is 8.02. The number of nitrogens with two attached hydrogens (primary N) is 1. The summed E-state index contributed by atoms with van der Waals surface area (Å²) in [5.41, 5.74) is 9.46. The monoisotopic (exact) mass is 326 g/mol. The summed E-state index contributed by atoms with van der Waals surface area (Å²) in [7, 11) is 0. The lowest BCUT2D eigenvalue weighted by Crippen LogP contribution is -2.28. The number of H-pyrrole nitrogens is 1. The highest BCUT2D eigenvalue weighted by atomic mass is 35.5. The number of nitrogens with zero attached hydrogens (tertiary/aromatic N) is 2. The van der Waals surface area contributed by atoms with Gasteiger partial charge in [-0.25, -0.2) is 0 Å². The van der Waals surface area contributed by atoms with Gasteiger partial charge in [-0.05, 0) is 23.6 Å². The second kappa shape index (κ2) is 6.79. The SMILES string of the molecule is CC1CN(Cc2cn[nH]c2-c2ccc(Cl)cc2)CC1N.Cl. The van der Waals surface area contributed by atoms with Crippen molar-refractivity contribution in [1.29, 1.82) is 0 Å². The van der Waals surface area contributed by atoms with E-state index in [0.29, 0.717) is 5.92 Å². The van der Waals surface area contributed by atoms with Gasteiger partial charge in [0.25, 0.3) is 0 Å². The zero-order chi connectivity index (χ0) is 14.1. The Bertz CT molecular complexity index is 572. The molecule has 0 radical (unpaired) electrons. The normalized spacial score (nSPS) is 22.2. The molecule has 1 aromatic carbocycles. The molecule has 1 aromatic heterocycles. The van der Waals surface area contributed by atoms with Crippen molar-refractivity contribution < 1.29 is 0 Å². The molecule has 21 heavy (non-hydrogen) atoms. The van der Waals surface area contributed by atoms with Crippen molar-refractivity contribution in [1.82, 2.24) is 15.1 Å². The summed E-state index contributed by atoms with van der Waals surface area (Å²) in [6.07, 6.45) is 1.90. The first-order valence-corrected chi connectivity index (χ1v) is 7.27. The molecule has 2 aromatic rings. The van der Waals surface area contributed by atoms with Crippen LogP contribution >= 0.6 is 24.0 Å². The van der Waals surface area contributed by atoms with Crippen LogP contribution in [0.4, 0.5) is 0 Å². The largest absolute Gasteiger partial charge is 0.326 e. The van der Waals surface area contributed by atoms with Gasteiger partial charge < -0.3 is 5.73 Å². The Kier molecular flexibility index (Phi) is 5.27. The first-order valence-electron chi connectivity index (χ1n) is 6.89. The third-order valence-corrected chi connectivity index (χ3v) is 4.24. The summed E-state index contributed by atoms with van der Waals surface area (Å²) in [5.74, 6) is 0.556. The molecule has 2 unspecified atom stereocenters. The maximum absolute atomic E-state index is 6.08. The Morgan fingerprint density at radius 1 is 1.33 bits per heavy atom. The zero-order valence-corrected chi connectivity index (χ0v) is 13.5. The number of likely N-dealkylation sites (tertiary alicyclic amines) is 1. The number of aromatic nitrogens is 2. The lowest BCUT2D eigenvalue weighted by Gasteiger charge is -2.15. The second-order valence-corrected chi connectivity index (χ2v) is 6.05. The Morgan fingerprint density at radius 2 is 2.05 bits per heavy atom. The Balaban J connectivity index is 0.00000161. The smallest absolute Gasteiger partial charge is 0.0695 e. The van der Waals surface area contributed by atoms with E-state index >= 15 is 0 Å². The van der Waals surface area contributed by atoms with Crippen LogP contribution in [0.3, 0.4) is 0 Å². The third kappa shape index (κ3) is 3.58. The van der Waals surface area contributed by atoms with Crippen molar-refractivity contribution in [3.63, 3.8) is 0 Å². The highest BCUT2D eigenvalue weighted by Gasteiger charge is 2.27. The van der Waals surface area contributed by atoms with Crippen LogP contribution in [0.25, 0.3) is 11.3 Å². The van der Waals surface area contributed by atoms with Gasteiger partial charge in [-0.1, -0.05) is 30.7 Å². The standard InChI is InChI=1S/C15H19ClN4.ClH/c1-10-7-20(9-14(10)17)8-12-6-18-19-15(12)11-2-4-13(16)5-3-11;/h2-6,10,14H,7-9,17H2,1H3,(H,18,19);1H. The average Bonchev–Trinajstić information content (AvgIpc) is 2.99. The fourth-order valence-corrected chi connectivity index (χ4v) is 2.89. The van der Waals surface area contributed by atoms with Crippen LogP contribution in [0, 0.1) is 5.92 Å². The number of nitrogens with one attached hydrogen (secondary N) is 1. The molecule has 4 nitrogen and oxygen atoms in total. The maximum Gasteiger partial charge on any atom is 0.0695 e. The van der Waals surface area contributed by atoms with E-state index < -0.39 is 0 Å². The van der Waals surface area contributed by atoms with E-state index in [2.05, 4.69) is 22.0 Å². The molecular weight excluding hydrogens is 307 g/mol. The van der Waals surface area contributed by atoms with Gasteiger partial charge in [-0.3, -0.25) is 10.00 Å². The van der Waals surface area contributed by atoms with Crippen molar-refractivity contribution >= 4 is 24.0 Å². The van der Waals surface area contributed by atoms with E-state index in [0.717, 1.165) is 35.9 Å². The molecule has 2 atom stereocenters. The van der Waals surface area contributed by atoms with E-state index in [1.54, 1.807) is 0 Å². The third-order valence-electron chi connectivity index (χ3n) is 3.99. The molecule has 1 aliphatic rings.